The molecular formula is C17H35NO. The van der Waals surface area contributed by atoms with Gasteiger partial charge in [0.2, 0.25) is 5.91 Å². The number of rotatable bonds is 11. The van der Waals surface area contributed by atoms with Gasteiger partial charge in [0.05, 0.1) is 0 Å². The molecule has 19 heavy (non-hydrogen) atoms. The van der Waals surface area contributed by atoms with Crippen LogP contribution in [0.1, 0.15) is 79.6 Å². The number of amides is 1. The minimum absolute atomic E-state index is 0.242. The van der Waals surface area contributed by atoms with Crippen molar-refractivity contribution in [1.82, 2.24) is 5.32 Å². The summed E-state index contributed by atoms with van der Waals surface area (Å²) in [4.78, 5) is 11.8. The lowest BCUT2D eigenvalue weighted by atomic mass is 9.94. The minimum Gasteiger partial charge on any atom is -0.356 e. The molecule has 2 atom stereocenters. The van der Waals surface area contributed by atoms with Gasteiger partial charge in [-0.05, 0) is 30.6 Å². The van der Waals surface area contributed by atoms with Crippen molar-refractivity contribution in [1.29, 1.82) is 0 Å². The van der Waals surface area contributed by atoms with E-state index in [1.165, 1.54) is 25.7 Å². The van der Waals surface area contributed by atoms with Gasteiger partial charge in [0.15, 0.2) is 0 Å². The van der Waals surface area contributed by atoms with Gasteiger partial charge in [-0.25, -0.2) is 0 Å². The summed E-state index contributed by atoms with van der Waals surface area (Å²) in [7, 11) is 0. The molecule has 0 aliphatic rings. The fraction of sp³-hybridized carbons (Fsp3) is 0.941. The Balaban J connectivity index is 3.68. The fourth-order valence-corrected chi connectivity index (χ4v) is 2.24. The summed E-state index contributed by atoms with van der Waals surface area (Å²) in [5, 5.41) is 3.07. The van der Waals surface area contributed by atoms with Crippen LogP contribution in [-0.4, -0.2) is 12.5 Å². The maximum absolute atomic E-state index is 11.8. The van der Waals surface area contributed by atoms with Gasteiger partial charge in [-0.3, -0.25) is 4.79 Å². The van der Waals surface area contributed by atoms with Gasteiger partial charge in [-0.15, -0.1) is 0 Å². The third-order valence-corrected chi connectivity index (χ3v) is 4.38. The molecule has 0 fully saturated rings. The molecule has 114 valence electrons. The Morgan fingerprint density at radius 2 is 1.74 bits per heavy atom. The minimum atomic E-state index is 0.242. The Bertz CT molecular complexity index is 225. The van der Waals surface area contributed by atoms with Crippen LogP contribution in [0.5, 0.6) is 0 Å². The normalized spacial score (nSPS) is 14.4. The van der Waals surface area contributed by atoms with Crippen LogP contribution in [0, 0.1) is 17.8 Å². The highest BCUT2D eigenvalue weighted by atomic mass is 16.1. The highest BCUT2D eigenvalue weighted by molar-refractivity contribution is 5.75. The van der Waals surface area contributed by atoms with E-state index < -0.39 is 0 Å². The molecule has 0 saturated carbocycles. The van der Waals surface area contributed by atoms with Crippen LogP contribution < -0.4 is 5.32 Å². The molecule has 2 unspecified atom stereocenters. The SMILES string of the molecule is CCCCC(CC)CCC(=O)NCCC(C)C(C)C. The molecule has 0 aliphatic carbocycles. The zero-order valence-corrected chi connectivity index (χ0v) is 13.8. The molecule has 1 N–H and O–H groups in total. The zero-order chi connectivity index (χ0) is 14.7. The molecule has 0 rings (SSSR count). The second-order valence-corrected chi connectivity index (χ2v) is 6.32. The van der Waals surface area contributed by atoms with Crippen LogP contribution >= 0.6 is 0 Å². The summed E-state index contributed by atoms with van der Waals surface area (Å²) in [5.74, 6) is 2.37. The van der Waals surface area contributed by atoms with Crippen molar-refractivity contribution in [2.45, 2.75) is 79.6 Å². The molecule has 2 heteroatoms. The van der Waals surface area contributed by atoms with E-state index in [1.54, 1.807) is 0 Å². The first-order chi connectivity index (χ1) is 9.01. The summed E-state index contributed by atoms with van der Waals surface area (Å²) in [6.07, 6.45) is 7.90. The van der Waals surface area contributed by atoms with Crippen molar-refractivity contribution in [3.05, 3.63) is 0 Å². The van der Waals surface area contributed by atoms with E-state index in [4.69, 9.17) is 0 Å². The van der Waals surface area contributed by atoms with Crippen molar-refractivity contribution in [2.24, 2.45) is 17.8 Å². The predicted molar refractivity (Wildman–Crippen MR) is 84.2 cm³/mol. The molecule has 0 heterocycles. The Kier molecular flexibility index (Phi) is 11.0. The van der Waals surface area contributed by atoms with Crippen molar-refractivity contribution in [3.8, 4) is 0 Å². The van der Waals surface area contributed by atoms with E-state index in [0.29, 0.717) is 18.3 Å². The first-order valence-corrected chi connectivity index (χ1v) is 8.27. The number of hydrogen-bond donors (Lipinski definition) is 1. The van der Waals surface area contributed by atoms with E-state index in [1.807, 2.05) is 0 Å². The topological polar surface area (TPSA) is 29.1 Å². The van der Waals surface area contributed by atoms with Crippen molar-refractivity contribution < 1.29 is 4.79 Å². The molecule has 0 spiro atoms. The predicted octanol–water partition coefficient (Wildman–Crippen LogP) is 4.78. The molecule has 0 aromatic heterocycles. The highest BCUT2D eigenvalue weighted by Crippen LogP contribution is 2.18. The second kappa shape index (κ2) is 11.3. The average molecular weight is 269 g/mol. The van der Waals surface area contributed by atoms with Crippen molar-refractivity contribution in [3.63, 3.8) is 0 Å². The van der Waals surface area contributed by atoms with Crippen LogP contribution in [0.25, 0.3) is 0 Å². The highest BCUT2D eigenvalue weighted by Gasteiger charge is 2.10. The summed E-state index contributed by atoms with van der Waals surface area (Å²) in [5.41, 5.74) is 0. The number of carbonyl (C=O) groups is 1. The van der Waals surface area contributed by atoms with Gasteiger partial charge in [0, 0.05) is 13.0 Å². The fourth-order valence-electron chi connectivity index (χ4n) is 2.24. The Morgan fingerprint density at radius 3 is 2.26 bits per heavy atom. The molecule has 0 aliphatic heterocycles. The smallest absolute Gasteiger partial charge is 0.220 e. The van der Waals surface area contributed by atoms with Gasteiger partial charge in [0.25, 0.3) is 0 Å². The van der Waals surface area contributed by atoms with Crippen LogP contribution in [0.15, 0.2) is 0 Å². The largest absolute Gasteiger partial charge is 0.356 e. The maximum Gasteiger partial charge on any atom is 0.220 e. The van der Waals surface area contributed by atoms with E-state index in [2.05, 4.69) is 39.9 Å². The van der Waals surface area contributed by atoms with Gasteiger partial charge < -0.3 is 5.32 Å². The van der Waals surface area contributed by atoms with E-state index in [9.17, 15) is 4.79 Å². The van der Waals surface area contributed by atoms with Gasteiger partial charge in [0.1, 0.15) is 0 Å². The molecular weight excluding hydrogens is 234 g/mol. The summed E-state index contributed by atoms with van der Waals surface area (Å²) in [6.45, 7) is 12.1. The first-order valence-electron chi connectivity index (χ1n) is 8.27. The molecule has 1 amide bonds. The third kappa shape index (κ3) is 9.98. The summed E-state index contributed by atoms with van der Waals surface area (Å²) in [6, 6.07) is 0. The van der Waals surface area contributed by atoms with E-state index in [0.717, 1.165) is 25.3 Å². The van der Waals surface area contributed by atoms with Gasteiger partial charge >= 0.3 is 0 Å². The van der Waals surface area contributed by atoms with Gasteiger partial charge in [-0.2, -0.15) is 0 Å². The number of carbonyl (C=O) groups excluding carboxylic acids is 1. The monoisotopic (exact) mass is 269 g/mol. The Labute approximate surface area is 120 Å². The summed E-state index contributed by atoms with van der Waals surface area (Å²) >= 11 is 0. The number of unbranched alkanes of at least 4 members (excludes halogenated alkanes) is 1. The quantitative estimate of drug-likeness (QED) is 0.574. The molecule has 0 aromatic rings. The van der Waals surface area contributed by atoms with E-state index in [-0.39, 0.29) is 5.91 Å². The Morgan fingerprint density at radius 1 is 1.05 bits per heavy atom. The van der Waals surface area contributed by atoms with Crippen LogP contribution in [-0.2, 0) is 4.79 Å². The average Bonchev–Trinajstić information content (AvgIpc) is 2.38. The number of nitrogens with one attached hydrogen (secondary N) is 1. The van der Waals surface area contributed by atoms with Crippen LogP contribution in [0.4, 0.5) is 0 Å². The van der Waals surface area contributed by atoms with Crippen molar-refractivity contribution in [2.75, 3.05) is 6.54 Å². The van der Waals surface area contributed by atoms with Gasteiger partial charge in [-0.1, -0.05) is 60.3 Å². The molecule has 0 radical (unpaired) electrons. The Hall–Kier alpha value is -0.530. The second-order valence-electron chi connectivity index (χ2n) is 6.32. The maximum atomic E-state index is 11.8. The lowest BCUT2D eigenvalue weighted by Gasteiger charge is -2.16. The van der Waals surface area contributed by atoms with Crippen LogP contribution in [0.3, 0.4) is 0 Å². The number of hydrogen-bond acceptors (Lipinski definition) is 1. The lowest BCUT2D eigenvalue weighted by molar-refractivity contribution is -0.121. The molecule has 0 bridgehead atoms. The first kappa shape index (κ1) is 18.5. The standard InChI is InChI=1S/C17H35NO/c1-6-8-9-16(7-2)10-11-17(19)18-13-12-15(5)14(3)4/h14-16H,6-13H2,1-5H3,(H,18,19). The molecule has 2 nitrogen and oxygen atoms in total. The van der Waals surface area contributed by atoms with E-state index >= 15 is 0 Å². The summed E-state index contributed by atoms with van der Waals surface area (Å²) < 4.78 is 0. The van der Waals surface area contributed by atoms with Crippen LogP contribution in [0.2, 0.25) is 0 Å². The lowest BCUT2D eigenvalue weighted by Crippen LogP contribution is -2.26. The third-order valence-electron chi connectivity index (χ3n) is 4.38. The van der Waals surface area contributed by atoms with Crippen molar-refractivity contribution >= 4 is 5.91 Å². The molecule has 0 aromatic carbocycles. The zero-order valence-electron chi connectivity index (χ0n) is 13.8. The molecule has 0 saturated heterocycles.